The van der Waals surface area contributed by atoms with Crippen LogP contribution < -0.4 is 24.2 Å². The Morgan fingerprint density at radius 1 is 0.933 bits per heavy atom. The number of benzene rings is 4. The topological polar surface area (TPSA) is 121 Å². The molecule has 0 fully saturated rings. The number of anilines is 1. The highest BCUT2D eigenvalue weighted by molar-refractivity contribution is 8.14. The Balaban J connectivity index is 1.21. The Hall–Kier alpha value is -5.68. The number of ether oxygens (including phenoxy) is 2. The van der Waals surface area contributed by atoms with Crippen LogP contribution in [0.5, 0.6) is 17.4 Å². The average molecular weight is 619 g/mol. The van der Waals surface area contributed by atoms with Crippen molar-refractivity contribution >= 4 is 40.4 Å². The molecule has 1 aromatic heterocycles. The largest absolute Gasteiger partial charge is 0.539 e. The van der Waals surface area contributed by atoms with Gasteiger partial charge in [-0.05, 0) is 58.3 Å². The third-order valence-electron chi connectivity index (χ3n) is 6.80. The van der Waals surface area contributed by atoms with Crippen molar-refractivity contribution in [1.29, 1.82) is 0 Å². The van der Waals surface area contributed by atoms with Gasteiger partial charge in [0, 0.05) is 12.1 Å². The molecule has 5 aromatic rings. The summed E-state index contributed by atoms with van der Waals surface area (Å²) in [5, 5.41) is 16.5. The maximum Gasteiger partial charge on any atom is 0.307 e. The predicted molar refractivity (Wildman–Crippen MR) is 167 cm³/mol. The number of Topliss-reactive ketones (excluding diaryl/α,β-unsaturated/α-hetero) is 1. The number of hydrogen-bond donors (Lipinski definition) is 0. The van der Waals surface area contributed by atoms with Gasteiger partial charge in [-0.25, -0.2) is 4.99 Å². The molecule has 0 saturated heterocycles. The molecule has 6 rings (SSSR count). The van der Waals surface area contributed by atoms with Crippen LogP contribution in [0.25, 0.3) is 11.8 Å². The van der Waals surface area contributed by atoms with Crippen molar-refractivity contribution in [2.45, 2.75) is 6.61 Å². The monoisotopic (exact) mass is 618 g/mol. The Bertz CT molecular complexity index is 1870. The molecule has 4 aromatic carbocycles. The molecule has 1 aliphatic heterocycles. The first-order chi connectivity index (χ1) is 22.0. The lowest BCUT2D eigenvalue weighted by Gasteiger charge is -2.17. The zero-order valence-corrected chi connectivity index (χ0v) is 24.8. The Morgan fingerprint density at radius 2 is 1.60 bits per heavy atom. The maximum atomic E-state index is 13.6. The number of carbonyl (C=O) groups excluding carboxylic acids is 2. The molecule has 11 heteroatoms. The molecule has 0 bridgehead atoms. The van der Waals surface area contributed by atoms with E-state index in [1.807, 2.05) is 72.8 Å². The van der Waals surface area contributed by atoms with Gasteiger partial charge >= 0.3 is 5.69 Å². The summed E-state index contributed by atoms with van der Waals surface area (Å²) in [5.41, 5.74) is 2.83. The van der Waals surface area contributed by atoms with E-state index < -0.39 is 11.7 Å². The van der Waals surface area contributed by atoms with Crippen LogP contribution >= 0.6 is 11.8 Å². The molecule has 0 radical (unpaired) electrons. The summed E-state index contributed by atoms with van der Waals surface area (Å²) in [4.78, 5) is 33.0. The van der Waals surface area contributed by atoms with Crippen molar-refractivity contribution in [1.82, 2.24) is 5.27 Å². The summed E-state index contributed by atoms with van der Waals surface area (Å²) in [6.45, 7) is 0.443. The van der Waals surface area contributed by atoms with Crippen molar-refractivity contribution in [2.75, 3.05) is 17.8 Å². The molecule has 2 heterocycles. The molecule has 224 valence electrons. The minimum atomic E-state index is -0.863. The standard InChI is InChI=1S/C34H26N4O6S/c1-42-27-18-14-26(15-19-27)38-31(33(41)44-36-38)30(39)22-45-34-35-29(32(40)37(34)25-10-6-3-7-11-25)20-23-12-16-28(17-13-23)43-21-24-8-4-2-5-9-24/h2-20H,21-22H2,1H3/b29-20+. The van der Waals surface area contributed by atoms with E-state index in [1.165, 1.54) is 12.0 Å². The highest BCUT2D eigenvalue weighted by Crippen LogP contribution is 2.30. The molecule has 0 N–H and O–H groups in total. The van der Waals surface area contributed by atoms with Gasteiger partial charge in [-0.3, -0.25) is 14.5 Å². The third-order valence-corrected chi connectivity index (χ3v) is 7.74. The van der Waals surface area contributed by atoms with Gasteiger partial charge in [-0.2, -0.15) is 0 Å². The van der Waals surface area contributed by atoms with Gasteiger partial charge in [0.1, 0.15) is 23.8 Å². The SMILES string of the molecule is COc1ccc(-[n+]2noc([O-])c2C(=O)CSC2=N/C(=C/c3ccc(OCc4ccccc4)cc3)C(=O)N2c2ccccc2)cc1. The van der Waals surface area contributed by atoms with E-state index in [4.69, 9.17) is 14.0 Å². The minimum absolute atomic E-state index is 0.192. The molecule has 10 nitrogen and oxygen atoms in total. The molecular weight excluding hydrogens is 592 g/mol. The number of amides is 1. The molecule has 1 aliphatic rings. The lowest BCUT2D eigenvalue weighted by Crippen LogP contribution is -2.39. The molecule has 0 unspecified atom stereocenters. The molecule has 45 heavy (non-hydrogen) atoms. The van der Waals surface area contributed by atoms with E-state index in [1.54, 1.807) is 42.5 Å². The van der Waals surface area contributed by atoms with Gasteiger partial charge < -0.3 is 19.1 Å². The quantitative estimate of drug-likeness (QED) is 0.122. The van der Waals surface area contributed by atoms with Gasteiger partial charge in [0.05, 0.1) is 23.8 Å². The second-order valence-corrected chi connectivity index (χ2v) is 10.7. The zero-order chi connectivity index (χ0) is 31.2. The Morgan fingerprint density at radius 3 is 2.29 bits per heavy atom. The fourth-order valence-electron chi connectivity index (χ4n) is 4.54. The lowest BCUT2D eigenvalue weighted by molar-refractivity contribution is -0.672. The number of amidine groups is 1. The number of para-hydroxylation sites is 1. The van der Waals surface area contributed by atoms with Crippen LogP contribution in [0.2, 0.25) is 0 Å². The Kier molecular flexibility index (Phi) is 8.70. The number of carbonyl (C=O) groups is 2. The predicted octanol–water partition coefficient (Wildman–Crippen LogP) is 4.97. The van der Waals surface area contributed by atoms with Gasteiger partial charge in [-0.1, -0.05) is 72.4 Å². The van der Waals surface area contributed by atoms with Crippen molar-refractivity contribution in [2.24, 2.45) is 4.99 Å². The molecule has 0 saturated carbocycles. The molecular formula is C34H26N4O6S. The number of rotatable bonds is 10. The molecule has 0 atom stereocenters. The first-order valence-corrected chi connectivity index (χ1v) is 14.8. The first kappa shape index (κ1) is 29.4. The number of nitrogens with zero attached hydrogens (tertiary/aromatic N) is 4. The highest BCUT2D eigenvalue weighted by Gasteiger charge is 2.34. The van der Waals surface area contributed by atoms with E-state index >= 15 is 0 Å². The first-order valence-electron chi connectivity index (χ1n) is 13.9. The molecule has 1 amide bonds. The zero-order valence-electron chi connectivity index (χ0n) is 24.0. The van der Waals surface area contributed by atoms with Gasteiger partial charge in [0.25, 0.3) is 5.91 Å². The normalized spacial score (nSPS) is 13.6. The van der Waals surface area contributed by atoms with Crippen LogP contribution in [0.3, 0.4) is 0 Å². The maximum absolute atomic E-state index is 13.6. The number of aromatic nitrogens is 2. The van der Waals surface area contributed by atoms with Crippen LogP contribution in [0.1, 0.15) is 21.6 Å². The second kappa shape index (κ2) is 13.3. The van der Waals surface area contributed by atoms with Crippen LogP contribution in [0.4, 0.5) is 5.69 Å². The minimum Gasteiger partial charge on any atom is -0.539 e. The highest BCUT2D eigenvalue weighted by atomic mass is 32.2. The summed E-state index contributed by atoms with van der Waals surface area (Å²) in [7, 11) is 1.54. The van der Waals surface area contributed by atoms with Gasteiger partial charge in [-0.15, -0.1) is 0 Å². The summed E-state index contributed by atoms with van der Waals surface area (Å²) < 4.78 is 17.0. The van der Waals surface area contributed by atoms with Crippen molar-refractivity contribution in [3.05, 3.63) is 132 Å². The smallest absolute Gasteiger partial charge is 0.307 e. The second-order valence-electron chi connectivity index (χ2n) is 9.77. The summed E-state index contributed by atoms with van der Waals surface area (Å²) in [6.07, 6.45) is 1.68. The van der Waals surface area contributed by atoms with Crippen molar-refractivity contribution in [3.63, 3.8) is 0 Å². The fraction of sp³-hybridized carbons (Fsp3) is 0.0882. The fourth-order valence-corrected chi connectivity index (χ4v) is 5.41. The van der Waals surface area contributed by atoms with E-state index in [-0.39, 0.29) is 23.1 Å². The van der Waals surface area contributed by atoms with E-state index in [0.717, 1.165) is 27.6 Å². The number of thioether (sulfide) groups is 1. The van der Waals surface area contributed by atoms with E-state index in [2.05, 4.69) is 10.3 Å². The van der Waals surface area contributed by atoms with Crippen LogP contribution in [0.15, 0.2) is 124 Å². The van der Waals surface area contributed by atoms with Crippen molar-refractivity contribution in [3.8, 4) is 23.1 Å². The van der Waals surface area contributed by atoms with Crippen LogP contribution in [-0.2, 0) is 11.4 Å². The van der Waals surface area contributed by atoms with Crippen LogP contribution in [0, 0.1) is 0 Å². The lowest BCUT2D eigenvalue weighted by atomic mass is 10.2. The van der Waals surface area contributed by atoms with E-state index in [9.17, 15) is 14.7 Å². The summed E-state index contributed by atoms with van der Waals surface area (Å²) in [5.74, 6) is -0.631. The number of ketones is 1. The summed E-state index contributed by atoms with van der Waals surface area (Å²) in [6, 6.07) is 32.9. The molecule has 0 spiro atoms. The average Bonchev–Trinajstić information content (AvgIpc) is 3.62. The number of aliphatic imine (C=N–C) groups is 1. The Labute approximate surface area is 262 Å². The van der Waals surface area contributed by atoms with Crippen LogP contribution in [-0.4, -0.2) is 35.0 Å². The molecule has 0 aliphatic carbocycles. The number of hydrogen-bond acceptors (Lipinski definition) is 9. The van der Waals surface area contributed by atoms with Gasteiger partial charge in [0.15, 0.2) is 11.1 Å². The van der Waals surface area contributed by atoms with Crippen molar-refractivity contribution < 1.29 is 33.4 Å². The number of methoxy groups -OCH3 is 1. The summed E-state index contributed by atoms with van der Waals surface area (Å²) >= 11 is 1.04. The third kappa shape index (κ3) is 6.63. The van der Waals surface area contributed by atoms with E-state index in [0.29, 0.717) is 34.6 Å². The van der Waals surface area contributed by atoms with Gasteiger partial charge in [0.2, 0.25) is 11.5 Å².